The first-order chi connectivity index (χ1) is 9.38. The van der Waals surface area contributed by atoms with E-state index in [4.69, 9.17) is 16.7 Å². The van der Waals surface area contributed by atoms with Gasteiger partial charge in [0, 0.05) is 12.4 Å². The number of hydrogen-bond donors (Lipinski definition) is 2. The van der Waals surface area contributed by atoms with Crippen LogP contribution in [-0.2, 0) is 21.4 Å². The van der Waals surface area contributed by atoms with Crippen LogP contribution in [-0.4, -0.2) is 34.3 Å². The van der Waals surface area contributed by atoms with Crippen molar-refractivity contribution >= 4 is 33.3 Å². The van der Waals surface area contributed by atoms with E-state index in [2.05, 4.69) is 14.8 Å². The summed E-state index contributed by atoms with van der Waals surface area (Å²) in [6.45, 7) is -0.427. The number of halogens is 1. The van der Waals surface area contributed by atoms with Crippen LogP contribution in [0.2, 0.25) is 5.02 Å². The molecule has 0 saturated heterocycles. The first kappa shape index (κ1) is 14.3. The molecule has 0 radical (unpaired) electrons. The summed E-state index contributed by atoms with van der Waals surface area (Å²) < 4.78 is 27.4. The Morgan fingerprint density at radius 2 is 2.20 bits per heavy atom. The van der Waals surface area contributed by atoms with Crippen molar-refractivity contribution in [2.45, 2.75) is 11.4 Å². The molecule has 0 aliphatic carbocycles. The molecule has 10 heteroatoms. The Balaban J connectivity index is 2.25. The van der Waals surface area contributed by atoms with Crippen molar-refractivity contribution < 1.29 is 18.3 Å². The maximum atomic E-state index is 12.1. The molecule has 0 aliphatic rings. The monoisotopic (exact) mass is 316 g/mol. The lowest BCUT2D eigenvalue weighted by Gasteiger charge is -2.06. The third-order valence-corrected chi connectivity index (χ3v) is 3.88. The summed E-state index contributed by atoms with van der Waals surface area (Å²) in [7, 11) is -3.90. The van der Waals surface area contributed by atoms with Gasteiger partial charge in [0.1, 0.15) is 11.4 Å². The fourth-order valence-corrected chi connectivity index (χ4v) is 2.59. The van der Waals surface area contributed by atoms with Gasteiger partial charge in [-0.1, -0.05) is 11.6 Å². The number of carboxylic acid groups (broad SMARTS) is 1. The number of aromatic nitrogens is 3. The van der Waals surface area contributed by atoms with E-state index >= 15 is 0 Å². The molecule has 0 fully saturated rings. The Morgan fingerprint density at radius 1 is 1.45 bits per heavy atom. The third kappa shape index (κ3) is 3.25. The van der Waals surface area contributed by atoms with Gasteiger partial charge in [-0.25, -0.2) is 8.42 Å². The molecule has 2 rings (SSSR count). The second-order valence-electron chi connectivity index (χ2n) is 3.73. The third-order valence-electron chi connectivity index (χ3n) is 2.23. The van der Waals surface area contributed by atoms with E-state index in [1.165, 1.54) is 18.5 Å². The molecule has 0 saturated carbocycles. The zero-order chi connectivity index (χ0) is 14.8. The normalized spacial score (nSPS) is 11.2. The van der Waals surface area contributed by atoms with E-state index in [9.17, 15) is 13.2 Å². The number of anilines is 1. The molecule has 0 unspecified atom stereocenters. The Kier molecular flexibility index (Phi) is 3.91. The molecule has 2 N–H and O–H groups in total. The fourth-order valence-electron chi connectivity index (χ4n) is 1.36. The van der Waals surface area contributed by atoms with Crippen molar-refractivity contribution in [1.29, 1.82) is 0 Å². The molecule has 0 bridgehead atoms. The quantitative estimate of drug-likeness (QED) is 0.844. The minimum atomic E-state index is -3.90. The lowest BCUT2D eigenvalue weighted by atomic mass is 10.4. The molecule has 0 spiro atoms. The average Bonchev–Trinajstić information content (AvgIpc) is 2.80. The van der Waals surface area contributed by atoms with Crippen LogP contribution in [0.3, 0.4) is 0 Å². The van der Waals surface area contributed by atoms with Gasteiger partial charge in [-0.3, -0.25) is 19.2 Å². The van der Waals surface area contributed by atoms with Crippen molar-refractivity contribution in [3.8, 4) is 0 Å². The molecule has 0 atom stereocenters. The summed E-state index contributed by atoms with van der Waals surface area (Å²) in [5.74, 6) is -1.12. The molecular formula is C10H9ClN4O4S. The second kappa shape index (κ2) is 5.47. The van der Waals surface area contributed by atoms with Crippen LogP contribution < -0.4 is 4.72 Å². The van der Waals surface area contributed by atoms with Crippen molar-refractivity contribution in [2.24, 2.45) is 0 Å². The van der Waals surface area contributed by atoms with Crippen molar-refractivity contribution in [2.75, 3.05) is 4.72 Å². The summed E-state index contributed by atoms with van der Waals surface area (Å²) >= 11 is 5.83. The molecule has 0 aromatic carbocycles. The molecule has 2 heterocycles. The number of sulfonamides is 1. The number of nitrogens with one attached hydrogen (secondary N) is 1. The van der Waals surface area contributed by atoms with Crippen LogP contribution in [0.5, 0.6) is 0 Å². The highest BCUT2D eigenvalue weighted by Gasteiger charge is 2.18. The van der Waals surface area contributed by atoms with Crippen molar-refractivity contribution in [1.82, 2.24) is 14.8 Å². The topological polar surface area (TPSA) is 114 Å². The summed E-state index contributed by atoms with van der Waals surface area (Å²) in [5, 5.41) is 12.4. The summed E-state index contributed by atoms with van der Waals surface area (Å²) in [6, 6.07) is 1.44. The second-order valence-corrected chi connectivity index (χ2v) is 5.82. The minimum absolute atomic E-state index is 0.125. The van der Waals surface area contributed by atoms with Gasteiger partial charge >= 0.3 is 5.97 Å². The molecule has 106 valence electrons. The Morgan fingerprint density at radius 3 is 2.85 bits per heavy atom. The predicted molar refractivity (Wildman–Crippen MR) is 69.9 cm³/mol. The lowest BCUT2D eigenvalue weighted by molar-refractivity contribution is -0.137. The number of rotatable bonds is 5. The highest BCUT2D eigenvalue weighted by atomic mass is 35.5. The number of aliphatic carboxylic acids is 1. The zero-order valence-electron chi connectivity index (χ0n) is 9.89. The molecule has 8 nitrogen and oxygen atoms in total. The molecule has 2 aromatic heterocycles. The van der Waals surface area contributed by atoms with Gasteiger partial charge in [-0.05, 0) is 6.07 Å². The molecule has 2 aromatic rings. The van der Waals surface area contributed by atoms with E-state index in [0.717, 1.165) is 17.1 Å². The van der Waals surface area contributed by atoms with Gasteiger partial charge in [0.05, 0.1) is 23.1 Å². The van der Waals surface area contributed by atoms with E-state index < -0.39 is 22.5 Å². The van der Waals surface area contributed by atoms with Gasteiger partial charge in [-0.2, -0.15) is 5.10 Å². The smallest absolute Gasteiger partial charge is 0.325 e. The highest BCUT2D eigenvalue weighted by Crippen LogP contribution is 2.22. The van der Waals surface area contributed by atoms with Crippen LogP contribution in [0, 0.1) is 0 Å². The van der Waals surface area contributed by atoms with Gasteiger partial charge in [-0.15, -0.1) is 0 Å². The Labute approximate surface area is 119 Å². The maximum absolute atomic E-state index is 12.1. The summed E-state index contributed by atoms with van der Waals surface area (Å²) in [6.07, 6.45) is 4.85. The summed E-state index contributed by atoms with van der Waals surface area (Å²) in [4.78, 5) is 14.1. The summed E-state index contributed by atoms with van der Waals surface area (Å²) in [5.41, 5.74) is 0.125. The minimum Gasteiger partial charge on any atom is -0.480 e. The van der Waals surface area contributed by atoms with E-state index in [-0.39, 0.29) is 15.6 Å². The lowest BCUT2D eigenvalue weighted by Crippen LogP contribution is -2.13. The molecular weight excluding hydrogens is 308 g/mol. The van der Waals surface area contributed by atoms with Crippen LogP contribution in [0.15, 0.2) is 35.7 Å². The maximum Gasteiger partial charge on any atom is 0.325 e. The SMILES string of the molecule is O=C(O)Cn1cc(S(=O)(=O)Nc2cnccc2Cl)cn1. The number of carboxylic acids is 1. The van der Waals surface area contributed by atoms with Crippen LogP contribution in [0.4, 0.5) is 5.69 Å². The largest absolute Gasteiger partial charge is 0.480 e. The Hall–Kier alpha value is -2.13. The Bertz CT molecular complexity index is 743. The average molecular weight is 317 g/mol. The van der Waals surface area contributed by atoms with Crippen LogP contribution in [0.25, 0.3) is 0 Å². The van der Waals surface area contributed by atoms with Crippen molar-refractivity contribution in [3.63, 3.8) is 0 Å². The van der Waals surface area contributed by atoms with Gasteiger partial charge in [0.25, 0.3) is 10.0 Å². The van der Waals surface area contributed by atoms with Gasteiger partial charge < -0.3 is 5.11 Å². The van der Waals surface area contributed by atoms with E-state index in [1.54, 1.807) is 0 Å². The van der Waals surface area contributed by atoms with Gasteiger partial charge in [0.15, 0.2) is 0 Å². The molecule has 20 heavy (non-hydrogen) atoms. The van der Waals surface area contributed by atoms with Crippen LogP contribution in [0.1, 0.15) is 0 Å². The number of carbonyl (C=O) groups is 1. The standard InChI is InChI=1S/C10H9ClN4O4S/c11-8-1-2-12-4-9(8)14-20(18,19)7-3-13-15(5-7)6-10(16)17/h1-5,14H,6H2,(H,16,17). The number of hydrogen-bond acceptors (Lipinski definition) is 5. The predicted octanol–water partition coefficient (Wildman–Crippen LogP) is 0.817. The fraction of sp³-hybridized carbons (Fsp3) is 0.100. The highest BCUT2D eigenvalue weighted by molar-refractivity contribution is 7.92. The first-order valence-electron chi connectivity index (χ1n) is 5.25. The zero-order valence-corrected chi connectivity index (χ0v) is 11.5. The first-order valence-corrected chi connectivity index (χ1v) is 7.11. The van der Waals surface area contributed by atoms with E-state index in [1.807, 2.05) is 0 Å². The molecule has 0 aliphatic heterocycles. The van der Waals surface area contributed by atoms with Crippen LogP contribution >= 0.6 is 11.6 Å². The number of nitrogens with zero attached hydrogens (tertiary/aromatic N) is 3. The number of pyridine rings is 1. The van der Waals surface area contributed by atoms with Crippen molar-refractivity contribution in [3.05, 3.63) is 35.9 Å². The van der Waals surface area contributed by atoms with E-state index in [0.29, 0.717) is 0 Å². The van der Waals surface area contributed by atoms with Gasteiger partial charge in [0.2, 0.25) is 0 Å². The molecule has 0 amide bonds.